The van der Waals surface area contributed by atoms with Crippen molar-refractivity contribution >= 4 is 27.5 Å². The molecule has 4 aromatic rings. The van der Waals surface area contributed by atoms with Gasteiger partial charge in [-0.3, -0.25) is 0 Å². The number of carbonyl (C=O) groups is 1. The summed E-state index contributed by atoms with van der Waals surface area (Å²) in [5.41, 5.74) is 3.77. The van der Waals surface area contributed by atoms with E-state index in [1.165, 1.54) is 7.11 Å². The monoisotopic (exact) mass is 326 g/mol. The van der Waals surface area contributed by atoms with Gasteiger partial charge in [-0.2, -0.15) is 0 Å². The van der Waals surface area contributed by atoms with Crippen LogP contribution in [0.3, 0.4) is 0 Å². The summed E-state index contributed by atoms with van der Waals surface area (Å²) >= 11 is 0. The zero-order chi connectivity index (χ0) is 17.4. The summed E-state index contributed by atoms with van der Waals surface area (Å²) in [6.45, 7) is 2.09. The molecule has 2 nitrogen and oxygen atoms in total. The van der Waals surface area contributed by atoms with Crippen molar-refractivity contribution in [1.82, 2.24) is 0 Å². The number of benzene rings is 4. The number of methoxy groups -OCH3 is 1. The molecule has 0 bridgehead atoms. The summed E-state index contributed by atoms with van der Waals surface area (Å²) in [6.07, 6.45) is 0. The molecule has 0 aliphatic rings. The number of hydrogen-bond donors (Lipinski definition) is 0. The molecule has 0 unspecified atom stereocenters. The average molecular weight is 326 g/mol. The van der Waals surface area contributed by atoms with Crippen molar-refractivity contribution in [3.05, 3.63) is 83.9 Å². The summed E-state index contributed by atoms with van der Waals surface area (Å²) in [5.74, 6) is -0.312. The number of fused-ring (bicyclic) bond motifs is 2. The van der Waals surface area contributed by atoms with Gasteiger partial charge in [-0.05, 0) is 45.7 Å². The van der Waals surface area contributed by atoms with Gasteiger partial charge in [0.05, 0.1) is 12.7 Å². The fraction of sp³-hybridized carbons (Fsp3) is 0.0870. The first-order chi connectivity index (χ1) is 12.2. The first kappa shape index (κ1) is 15.4. The highest BCUT2D eigenvalue weighted by Crippen LogP contribution is 2.39. The van der Waals surface area contributed by atoms with Crippen molar-refractivity contribution in [3.63, 3.8) is 0 Å². The lowest BCUT2D eigenvalue weighted by Crippen LogP contribution is -2.05. The summed E-state index contributed by atoms with van der Waals surface area (Å²) in [7, 11) is 1.43. The molecule has 0 heterocycles. The SMILES string of the molecule is COC(=O)c1ccc2ccccc2c1-c1c(C)ccc2ccccc12. The molecule has 0 saturated carbocycles. The Morgan fingerprint density at radius 3 is 1.92 bits per heavy atom. The van der Waals surface area contributed by atoms with Crippen LogP contribution < -0.4 is 0 Å². The number of carbonyl (C=O) groups excluding carboxylic acids is 1. The quantitative estimate of drug-likeness (QED) is 0.438. The molecule has 0 N–H and O–H groups in total. The third kappa shape index (κ3) is 2.47. The minimum absolute atomic E-state index is 0.312. The third-order valence-electron chi connectivity index (χ3n) is 4.72. The van der Waals surface area contributed by atoms with E-state index in [1.54, 1.807) is 0 Å². The van der Waals surface area contributed by atoms with Gasteiger partial charge in [0.1, 0.15) is 0 Å². The van der Waals surface area contributed by atoms with Crippen LogP contribution in [0.5, 0.6) is 0 Å². The van der Waals surface area contributed by atoms with Gasteiger partial charge >= 0.3 is 5.97 Å². The van der Waals surface area contributed by atoms with Crippen LogP contribution in [-0.4, -0.2) is 13.1 Å². The van der Waals surface area contributed by atoms with Crippen molar-refractivity contribution in [3.8, 4) is 11.1 Å². The normalized spacial score (nSPS) is 11.0. The van der Waals surface area contributed by atoms with Crippen LogP contribution >= 0.6 is 0 Å². The van der Waals surface area contributed by atoms with Gasteiger partial charge in [-0.1, -0.05) is 66.7 Å². The molecular weight excluding hydrogens is 308 g/mol. The minimum atomic E-state index is -0.312. The Kier molecular flexibility index (Phi) is 3.73. The summed E-state index contributed by atoms with van der Waals surface area (Å²) in [4.78, 5) is 12.5. The summed E-state index contributed by atoms with van der Waals surface area (Å²) in [6, 6.07) is 24.5. The van der Waals surface area contributed by atoms with Crippen LogP contribution in [0.2, 0.25) is 0 Å². The highest BCUT2D eigenvalue weighted by molar-refractivity contribution is 6.13. The van der Waals surface area contributed by atoms with E-state index in [0.717, 1.165) is 38.2 Å². The molecular formula is C23H18O2. The molecule has 4 rings (SSSR count). The molecule has 0 aliphatic carbocycles. The van der Waals surface area contributed by atoms with Gasteiger partial charge in [0.25, 0.3) is 0 Å². The lowest BCUT2D eigenvalue weighted by Gasteiger charge is -2.16. The fourth-order valence-corrected chi connectivity index (χ4v) is 3.53. The summed E-state index contributed by atoms with van der Waals surface area (Å²) in [5, 5.41) is 4.47. The zero-order valence-electron chi connectivity index (χ0n) is 14.2. The topological polar surface area (TPSA) is 26.3 Å². The Balaban J connectivity index is 2.21. The highest BCUT2D eigenvalue weighted by Gasteiger charge is 2.19. The second kappa shape index (κ2) is 6.06. The van der Waals surface area contributed by atoms with Crippen molar-refractivity contribution in [2.75, 3.05) is 7.11 Å². The van der Waals surface area contributed by atoms with E-state index in [0.29, 0.717) is 5.56 Å². The standard InChI is InChI=1S/C23H18O2/c1-15-11-12-16-7-3-5-9-18(16)21(15)22-19-10-6-4-8-17(19)13-14-20(22)23(24)25-2/h3-14H,1-2H3. The van der Waals surface area contributed by atoms with E-state index in [-0.39, 0.29) is 5.97 Å². The van der Waals surface area contributed by atoms with Crippen molar-refractivity contribution in [1.29, 1.82) is 0 Å². The highest BCUT2D eigenvalue weighted by atomic mass is 16.5. The van der Waals surface area contributed by atoms with Crippen LogP contribution in [0.25, 0.3) is 32.7 Å². The molecule has 2 heteroatoms. The maximum absolute atomic E-state index is 12.5. The van der Waals surface area contributed by atoms with E-state index in [4.69, 9.17) is 4.74 Å². The van der Waals surface area contributed by atoms with Crippen LogP contribution in [0.15, 0.2) is 72.8 Å². The van der Waals surface area contributed by atoms with Gasteiger partial charge in [-0.25, -0.2) is 4.79 Å². The maximum atomic E-state index is 12.5. The molecule has 0 fully saturated rings. The lowest BCUT2D eigenvalue weighted by atomic mass is 9.87. The Hall–Kier alpha value is -3.13. The Bertz CT molecular complexity index is 1110. The van der Waals surface area contributed by atoms with Gasteiger partial charge in [0.2, 0.25) is 0 Å². The summed E-state index contributed by atoms with van der Waals surface area (Å²) < 4.78 is 5.06. The van der Waals surface area contributed by atoms with Gasteiger partial charge < -0.3 is 4.74 Å². The van der Waals surface area contributed by atoms with E-state index in [1.807, 2.05) is 36.4 Å². The third-order valence-corrected chi connectivity index (χ3v) is 4.72. The van der Waals surface area contributed by atoms with E-state index >= 15 is 0 Å². The van der Waals surface area contributed by atoms with E-state index in [2.05, 4.69) is 43.3 Å². The lowest BCUT2D eigenvalue weighted by molar-refractivity contribution is 0.0602. The molecule has 0 aromatic heterocycles. The Morgan fingerprint density at radius 2 is 1.28 bits per heavy atom. The van der Waals surface area contributed by atoms with Crippen LogP contribution in [0, 0.1) is 6.92 Å². The first-order valence-corrected chi connectivity index (χ1v) is 8.29. The Labute approximate surface area is 146 Å². The van der Waals surface area contributed by atoms with E-state index in [9.17, 15) is 4.79 Å². The number of ether oxygens (including phenoxy) is 1. The number of esters is 1. The molecule has 4 aromatic carbocycles. The molecule has 122 valence electrons. The fourth-order valence-electron chi connectivity index (χ4n) is 3.53. The molecule has 0 aliphatic heterocycles. The van der Waals surface area contributed by atoms with Gasteiger partial charge in [-0.15, -0.1) is 0 Å². The number of aryl methyl sites for hydroxylation is 1. The van der Waals surface area contributed by atoms with Crippen molar-refractivity contribution < 1.29 is 9.53 Å². The maximum Gasteiger partial charge on any atom is 0.338 e. The molecule has 25 heavy (non-hydrogen) atoms. The smallest absolute Gasteiger partial charge is 0.338 e. The largest absolute Gasteiger partial charge is 0.465 e. The molecule has 0 saturated heterocycles. The molecule has 0 atom stereocenters. The van der Waals surface area contributed by atoms with Crippen LogP contribution in [0.4, 0.5) is 0 Å². The predicted molar refractivity (Wildman–Crippen MR) is 103 cm³/mol. The molecule has 0 amide bonds. The van der Waals surface area contributed by atoms with Crippen molar-refractivity contribution in [2.24, 2.45) is 0 Å². The first-order valence-electron chi connectivity index (χ1n) is 8.29. The van der Waals surface area contributed by atoms with Crippen LogP contribution in [0.1, 0.15) is 15.9 Å². The van der Waals surface area contributed by atoms with Gasteiger partial charge in [0, 0.05) is 5.56 Å². The average Bonchev–Trinajstić information content (AvgIpc) is 2.67. The molecule has 0 spiro atoms. The predicted octanol–water partition coefficient (Wildman–Crippen LogP) is 5.76. The zero-order valence-corrected chi connectivity index (χ0v) is 14.2. The molecule has 0 radical (unpaired) electrons. The van der Waals surface area contributed by atoms with Crippen molar-refractivity contribution in [2.45, 2.75) is 6.92 Å². The van der Waals surface area contributed by atoms with Gasteiger partial charge in [0.15, 0.2) is 0 Å². The second-order valence-electron chi connectivity index (χ2n) is 6.18. The number of hydrogen-bond acceptors (Lipinski definition) is 2. The second-order valence-corrected chi connectivity index (χ2v) is 6.18. The minimum Gasteiger partial charge on any atom is -0.465 e. The number of rotatable bonds is 2. The van der Waals surface area contributed by atoms with E-state index < -0.39 is 0 Å². The van der Waals surface area contributed by atoms with Crippen LogP contribution in [-0.2, 0) is 4.74 Å². The Morgan fingerprint density at radius 1 is 0.720 bits per heavy atom.